The van der Waals surface area contributed by atoms with Gasteiger partial charge in [-0.15, -0.1) is 0 Å². The standard InChI is InChI=1S/C26H34N4O3/c1-2-26(27,24(31)21-7-9-23(10-8-21)29-15-17-33-18-16-29)19-20-3-5-22(6-4-20)25(32)30-13-11-28-12-14-30/h3-10,28H,2,11-19,27H2,1H3. The molecule has 1 amide bonds. The minimum atomic E-state index is -0.995. The van der Waals surface area contributed by atoms with Crippen LogP contribution in [-0.4, -0.2) is 74.6 Å². The first-order valence-corrected chi connectivity index (χ1v) is 11.9. The van der Waals surface area contributed by atoms with Gasteiger partial charge in [-0.25, -0.2) is 0 Å². The SMILES string of the molecule is CCC(N)(Cc1ccc(C(=O)N2CCNCC2)cc1)C(=O)c1ccc(N2CCOCC2)cc1. The molecule has 2 heterocycles. The highest BCUT2D eigenvalue weighted by Crippen LogP contribution is 2.24. The van der Waals surface area contributed by atoms with Crippen LogP contribution < -0.4 is 16.0 Å². The van der Waals surface area contributed by atoms with Gasteiger partial charge in [0.1, 0.15) is 0 Å². The highest BCUT2D eigenvalue weighted by molar-refractivity contribution is 6.03. The molecule has 7 nitrogen and oxygen atoms in total. The summed E-state index contributed by atoms with van der Waals surface area (Å²) in [5.41, 5.74) is 8.99. The summed E-state index contributed by atoms with van der Waals surface area (Å²) in [6.07, 6.45) is 0.953. The van der Waals surface area contributed by atoms with E-state index < -0.39 is 5.54 Å². The Bertz CT molecular complexity index is 949. The number of carbonyl (C=O) groups excluding carboxylic acids is 2. The first-order valence-electron chi connectivity index (χ1n) is 11.9. The van der Waals surface area contributed by atoms with Gasteiger partial charge in [0.2, 0.25) is 0 Å². The van der Waals surface area contributed by atoms with Crippen molar-refractivity contribution in [2.45, 2.75) is 25.3 Å². The van der Waals surface area contributed by atoms with E-state index in [1.165, 1.54) is 0 Å². The monoisotopic (exact) mass is 450 g/mol. The number of hydrogen-bond acceptors (Lipinski definition) is 6. The van der Waals surface area contributed by atoms with Gasteiger partial charge < -0.3 is 25.6 Å². The fraction of sp³-hybridized carbons (Fsp3) is 0.462. The normalized spacial score (nSPS) is 18.6. The first-order chi connectivity index (χ1) is 16.0. The average Bonchev–Trinajstić information content (AvgIpc) is 2.89. The Hall–Kier alpha value is -2.74. The Balaban J connectivity index is 1.43. The minimum Gasteiger partial charge on any atom is -0.378 e. The lowest BCUT2D eigenvalue weighted by molar-refractivity contribution is 0.0735. The third-order valence-corrected chi connectivity index (χ3v) is 6.71. The predicted octanol–water partition coefficient (Wildman–Crippen LogP) is 2.10. The number of nitrogens with two attached hydrogens (primary N) is 1. The molecular formula is C26H34N4O3. The summed E-state index contributed by atoms with van der Waals surface area (Å²) < 4.78 is 5.41. The van der Waals surface area contributed by atoms with Crippen molar-refractivity contribution in [2.24, 2.45) is 5.73 Å². The van der Waals surface area contributed by atoms with Gasteiger partial charge in [0.15, 0.2) is 5.78 Å². The molecule has 1 unspecified atom stereocenters. The molecule has 3 N–H and O–H groups in total. The highest BCUT2D eigenvalue weighted by Gasteiger charge is 2.33. The highest BCUT2D eigenvalue weighted by atomic mass is 16.5. The molecule has 7 heteroatoms. The molecule has 0 radical (unpaired) electrons. The second kappa shape index (κ2) is 10.5. The summed E-state index contributed by atoms with van der Waals surface area (Å²) in [6.45, 7) is 8.21. The van der Waals surface area contributed by atoms with Crippen LogP contribution in [0.3, 0.4) is 0 Å². The Morgan fingerprint density at radius 1 is 0.939 bits per heavy atom. The van der Waals surface area contributed by atoms with Crippen molar-refractivity contribution >= 4 is 17.4 Å². The van der Waals surface area contributed by atoms with Crippen molar-refractivity contribution in [3.05, 3.63) is 65.2 Å². The van der Waals surface area contributed by atoms with Crippen LogP contribution >= 0.6 is 0 Å². The molecule has 0 aliphatic carbocycles. The maximum Gasteiger partial charge on any atom is 0.253 e. The summed E-state index contributed by atoms with van der Waals surface area (Å²) >= 11 is 0. The molecule has 2 aromatic rings. The van der Waals surface area contributed by atoms with Crippen molar-refractivity contribution in [2.75, 3.05) is 57.4 Å². The summed E-state index contributed by atoms with van der Waals surface area (Å²) in [4.78, 5) is 30.2. The van der Waals surface area contributed by atoms with E-state index in [0.717, 1.165) is 63.7 Å². The molecule has 0 bridgehead atoms. The molecule has 4 rings (SSSR count). The summed E-state index contributed by atoms with van der Waals surface area (Å²) in [5.74, 6) is -0.00603. The zero-order valence-electron chi connectivity index (χ0n) is 19.4. The molecule has 33 heavy (non-hydrogen) atoms. The lowest BCUT2D eigenvalue weighted by Gasteiger charge is -2.30. The average molecular weight is 451 g/mol. The number of hydrogen-bond donors (Lipinski definition) is 2. The van der Waals surface area contributed by atoms with Crippen molar-refractivity contribution in [1.29, 1.82) is 0 Å². The van der Waals surface area contributed by atoms with Gasteiger partial charge in [0.25, 0.3) is 5.91 Å². The van der Waals surface area contributed by atoms with Crippen LogP contribution in [0.2, 0.25) is 0 Å². The Morgan fingerprint density at radius 2 is 1.55 bits per heavy atom. The molecule has 0 saturated carbocycles. The van der Waals surface area contributed by atoms with E-state index in [9.17, 15) is 9.59 Å². The number of Topliss-reactive ketones (excluding diaryl/α,β-unsaturated/α-hetero) is 1. The van der Waals surface area contributed by atoms with E-state index in [0.29, 0.717) is 24.0 Å². The lowest BCUT2D eigenvalue weighted by atomic mass is 9.82. The van der Waals surface area contributed by atoms with Gasteiger partial charge in [-0.1, -0.05) is 19.1 Å². The zero-order chi connectivity index (χ0) is 23.3. The molecule has 2 aliphatic heterocycles. The van der Waals surface area contributed by atoms with E-state index >= 15 is 0 Å². The van der Waals surface area contributed by atoms with E-state index in [-0.39, 0.29) is 11.7 Å². The summed E-state index contributed by atoms with van der Waals surface area (Å²) in [7, 11) is 0. The number of nitrogens with zero attached hydrogens (tertiary/aromatic N) is 2. The third kappa shape index (κ3) is 5.43. The number of amides is 1. The van der Waals surface area contributed by atoms with E-state index in [4.69, 9.17) is 10.5 Å². The van der Waals surface area contributed by atoms with Crippen LogP contribution in [-0.2, 0) is 11.2 Å². The number of carbonyl (C=O) groups is 2. The summed E-state index contributed by atoms with van der Waals surface area (Å²) in [6, 6.07) is 15.3. The van der Waals surface area contributed by atoms with Crippen molar-refractivity contribution in [3.63, 3.8) is 0 Å². The number of ketones is 1. The second-order valence-corrected chi connectivity index (χ2v) is 8.90. The quantitative estimate of drug-likeness (QED) is 0.628. The second-order valence-electron chi connectivity index (χ2n) is 8.90. The topological polar surface area (TPSA) is 87.9 Å². The van der Waals surface area contributed by atoms with Crippen molar-refractivity contribution in [3.8, 4) is 0 Å². The number of morpholine rings is 1. The van der Waals surface area contributed by atoms with Crippen LogP contribution in [0.15, 0.2) is 48.5 Å². The Labute approximate surface area is 195 Å². The van der Waals surface area contributed by atoms with Crippen LogP contribution in [0.25, 0.3) is 0 Å². The zero-order valence-corrected chi connectivity index (χ0v) is 19.4. The summed E-state index contributed by atoms with van der Waals surface area (Å²) in [5, 5.41) is 3.26. The number of nitrogens with one attached hydrogen (secondary N) is 1. The maximum absolute atomic E-state index is 13.3. The van der Waals surface area contributed by atoms with Gasteiger partial charge >= 0.3 is 0 Å². The molecule has 2 saturated heterocycles. The first kappa shape index (κ1) is 23.4. The van der Waals surface area contributed by atoms with Crippen molar-refractivity contribution in [1.82, 2.24) is 10.2 Å². The lowest BCUT2D eigenvalue weighted by Crippen LogP contribution is -2.49. The van der Waals surface area contributed by atoms with E-state index in [1.54, 1.807) is 0 Å². The third-order valence-electron chi connectivity index (χ3n) is 6.71. The Morgan fingerprint density at radius 3 is 2.15 bits per heavy atom. The fourth-order valence-electron chi connectivity index (χ4n) is 4.48. The van der Waals surface area contributed by atoms with E-state index in [2.05, 4.69) is 10.2 Å². The van der Waals surface area contributed by atoms with E-state index in [1.807, 2.05) is 60.4 Å². The molecule has 2 aromatic carbocycles. The molecular weight excluding hydrogens is 416 g/mol. The minimum absolute atomic E-state index is 0.0500. The van der Waals surface area contributed by atoms with Crippen LogP contribution in [0.1, 0.15) is 39.6 Å². The number of ether oxygens (including phenoxy) is 1. The van der Waals surface area contributed by atoms with Gasteiger partial charge in [0.05, 0.1) is 18.8 Å². The smallest absolute Gasteiger partial charge is 0.253 e. The fourth-order valence-corrected chi connectivity index (χ4v) is 4.48. The maximum atomic E-state index is 13.3. The number of piperazine rings is 1. The van der Waals surface area contributed by atoms with Gasteiger partial charge in [-0.3, -0.25) is 9.59 Å². The molecule has 0 spiro atoms. The molecule has 2 fully saturated rings. The number of benzene rings is 2. The number of rotatable bonds is 7. The molecule has 0 aromatic heterocycles. The molecule has 1 atom stereocenters. The van der Waals surface area contributed by atoms with Crippen LogP contribution in [0.5, 0.6) is 0 Å². The van der Waals surface area contributed by atoms with Gasteiger partial charge in [0, 0.05) is 56.1 Å². The van der Waals surface area contributed by atoms with Crippen LogP contribution in [0.4, 0.5) is 5.69 Å². The van der Waals surface area contributed by atoms with Gasteiger partial charge in [-0.2, -0.15) is 0 Å². The number of anilines is 1. The van der Waals surface area contributed by atoms with Gasteiger partial charge in [-0.05, 0) is 54.8 Å². The Kier molecular flexibility index (Phi) is 7.42. The molecule has 2 aliphatic rings. The van der Waals surface area contributed by atoms with Crippen molar-refractivity contribution < 1.29 is 14.3 Å². The van der Waals surface area contributed by atoms with Crippen LogP contribution in [0, 0.1) is 0 Å². The largest absolute Gasteiger partial charge is 0.378 e. The predicted molar refractivity (Wildman–Crippen MR) is 130 cm³/mol. The molecule has 176 valence electrons.